The highest BCUT2D eigenvalue weighted by Crippen LogP contribution is 2.20. The Labute approximate surface area is 175 Å². The smallest absolute Gasteiger partial charge is 0.262 e. The summed E-state index contributed by atoms with van der Waals surface area (Å²) in [5.41, 5.74) is 1.61. The molecule has 1 aromatic heterocycles. The van der Waals surface area contributed by atoms with E-state index in [1.54, 1.807) is 16.7 Å². The van der Waals surface area contributed by atoms with Gasteiger partial charge in [-0.3, -0.25) is 14.2 Å². The van der Waals surface area contributed by atoms with Crippen molar-refractivity contribution in [3.8, 4) is 0 Å². The van der Waals surface area contributed by atoms with Crippen molar-refractivity contribution in [3.05, 3.63) is 83.2 Å². The molecule has 6 heteroatoms. The Morgan fingerprint density at radius 2 is 1.86 bits per heavy atom. The predicted octanol–water partition coefficient (Wildman–Crippen LogP) is 4.11. The quantitative estimate of drug-likeness (QED) is 0.320. The number of benzene rings is 2. The summed E-state index contributed by atoms with van der Waals surface area (Å²) in [5, 5.41) is 1.10. The summed E-state index contributed by atoms with van der Waals surface area (Å²) < 4.78 is 1.57. The number of carbonyl (C=O) groups is 1. The predicted molar refractivity (Wildman–Crippen MR) is 119 cm³/mol. The van der Waals surface area contributed by atoms with Crippen LogP contribution in [0.5, 0.6) is 0 Å². The molecular weight excluding hydrogens is 382 g/mol. The molecule has 0 fully saturated rings. The van der Waals surface area contributed by atoms with E-state index in [0.29, 0.717) is 29.1 Å². The van der Waals surface area contributed by atoms with Gasteiger partial charge in [-0.25, -0.2) is 4.98 Å². The van der Waals surface area contributed by atoms with Gasteiger partial charge < -0.3 is 4.90 Å². The number of carbonyl (C=O) groups excluding carboxylic acids is 1. The van der Waals surface area contributed by atoms with Crippen molar-refractivity contribution in [3.63, 3.8) is 0 Å². The fourth-order valence-electron chi connectivity index (χ4n) is 3.10. The summed E-state index contributed by atoms with van der Waals surface area (Å²) in [6.07, 6.45) is 1.67. The van der Waals surface area contributed by atoms with Crippen LogP contribution in [-0.2, 0) is 17.9 Å². The number of fused-ring (bicyclic) bond motifs is 1. The second kappa shape index (κ2) is 9.56. The van der Waals surface area contributed by atoms with Gasteiger partial charge in [0, 0.05) is 19.1 Å². The monoisotopic (exact) mass is 407 g/mol. The molecule has 0 radical (unpaired) electrons. The van der Waals surface area contributed by atoms with E-state index in [2.05, 4.69) is 11.6 Å². The highest BCUT2D eigenvalue weighted by Gasteiger charge is 2.19. The van der Waals surface area contributed by atoms with Gasteiger partial charge in [0.15, 0.2) is 5.16 Å². The average molecular weight is 408 g/mol. The van der Waals surface area contributed by atoms with Gasteiger partial charge in [-0.15, -0.1) is 6.58 Å². The molecule has 1 heterocycles. The third kappa shape index (κ3) is 4.95. The van der Waals surface area contributed by atoms with Crippen LogP contribution in [0.25, 0.3) is 10.9 Å². The molecule has 0 bridgehead atoms. The van der Waals surface area contributed by atoms with Crippen molar-refractivity contribution in [1.29, 1.82) is 0 Å². The molecule has 0 aliphatic heterocycles. The summed E-state index contributed by atoms with van der Waals surface area (Å²) in [5.74, 6) is 0.230. The minimum atomic E-state index is -0.115. The van der Waals surface area contributed by atoms with Gasteiger partial charge in [0.2, 0.25) is 5.91 Å². The third-order valence-electron chi connectivity index (χ3n) is 4.60. The Kier molecular flexibility index (Phi) is 6.88. The first-order valence-electron chi connectivity index (χ1n) is 9.58. The average Bonchev–Trinajstić information content (AvgIpc) is 2.73. The van der Waals surface area contributed by atoms with Crippen LogP contribution in [0.15, 0.2) is 77.2 Å². The van der Waals surface area contributed by atoms with Crippen LogP contribution in [0.3, 0.4) is 0 Å². The van der Waals surface area contributed by atoms with Crippen molar-refractivity contribution < 1.29 is 4.79 Å². The standard InChI is InChI=1S/C23H25N3O2S/c1-4-14-25-22(28)19-12-8-9-13-20(19)24-23(25)29-16-21(27)26(17(2)3)15-18-10-6-5-7-11-18/h4-13,17H,1,14-16H2,2-3H3. The lowest BCUT2D eigenvalue weighted by atomic mass is 10.2. The molecule has 0 saturated heterocycles. The lowest BCUT2D eigenvalue weighted by molar-refractivity contribution is -0.130. The van der Waals surface area contributed by atoms with E-state index in [9.17, 15) is 9.59 Å². The molecule has 0 saturated carbocycles. The number of hydrogen-bond acceptors (Lipinski definition) is 4. The molecule has 150 valence electrons. The summed E-state index contributed by atoms with van der Waals surface area (Å²) in [6.45, 7) is 8.66. The van der Waals surface area contributed by atoms with Crippen LogP contribution in [0, 0.1) is 0 Å². The number of amides is 1. The van der Waals surface area contributed by atoms with Crippen LogP contribution >= 0.6 is 11.8 Å². The van der Waals surface area contributed by atoms with Gasteiger partial charge >= 0.3 is 0 Å². The first-order valence-corrected chi connectivity index (χ1v) is 10.6. The van der Waals surface area contributed by atoms with Gasteiger partial charge in [-0.2, -0.15) is 0 Å². The summed E-state index contributed by atoms with van der Waals surface area (Å²) in [4.78, 5) is 32.3. The lowest BCUT2D eigenvalue weighted by Crippen LogP contribution is -2.37. The summed E-state index contributed by atoms with van der Waals surface area (Å²) in [6, 6.07) is 17.3. The normalized spacial score (nSPS) is 11.0. The van der Waals surface area contributed by atoms with Gasteiger partial charge in [0.1, 0.15) is 0 Å². The SMILES string of the molecule is C=CCn1c(SCC(=O)N(Cc2ccccc2)C(C)C)nc2ccccc2c1=O. The molecule has 3 aromatic rings. The number of hydrogen-bond donors (Lipinski definition) is 0. The highest BCUT2D eigenvalue weighted by atomic mass is 32.2. The molecule has 29 heavy (non-hydrogen) atoms. The number of rotatable bonds is 8. The fraction of sp³-hybridized carbons (Fsp3) is 0.261. The highest BCUT2D eigenvalue weighted by molar-refractivity contribution is 7.99. The molecule has 5 nitrogen and oxygen atoms in total. The molecular formula is C23H25N3O2S. The van der Waals surface area contributed by atoms with Crippen molar-refractivity contribution in [1.82, 2.24) is 14.5 Å². The topological polar surface area (TPSA) is 55.2 Å². The van der Waals surface area contributed by atoms with E-state index in [0.717, 1.165) is 5.56 Å². The van der Waals surface area contributed by atoms with Crippen LogP contribution in [0.4, 0.5) is 0 Å². The Balaban J connectivity index is 1.82. The van der Waals surface area contributed by atoms with E-state index in [1.807, 2.05) is 67.3 Å². The van der Waals surface area contributed by atoms with E-state index < -0.39 is 0 Å². The maximum atomic E-state index is 12.9. The van der Waals surface area contributed by atoms with Gasteiger partial charge in [-0.05, 0) is 31.5 Å². The van der Waals surface area contributed by atoms with Crippen molar-refractivity contribution in [2.75, 3.05) is 5.75 Å². The van der Waals surface area contributed by atoms with E-state index in [4.69, 9.17) is 0 Å². The zero-order chi connectivity index (χ0) is 20.8. The lowest BCUT2D eigenvalue weighted by Gasteiger charge is -2.27. The maximum absolute atomic E-state index is 12.9. The van der Waals surface area contributed by atoms with Crippen molar-refractivity contribution in [2.45, 2.75) is 38.1 Å². The molecule has 1 amide bonds. The number of para-hydroxylation sites is 1. The Hall–Kier alpha value is -2.86. The molecule has 0 unspecified atom stereocenters. The largest absolute Gasteiger partial charge is 0.335 e. The van der Waals surface area contributed by atoms with Crippen molar-refractivity contribution >= 4 is 28.6 Å². The number of aromatic nitrogens is 2. The van der Waals surface area contributed by atoms with Gasteiger partial charge in [0.05, 0.1) is 16.7 Å². The zero-order valence-electron chi connectivity index (χ0n) is 16.7. The molecule has 0 aliphatic rings. The summed E-state index contributed by atoms with van der Waals surface area (Å²) >= 11 is 1.29. The minimum Gasteiger partial charge on any atom is -0.335 e. The van der Waals surface area contributed by atoms with E-state index in [1.165, 1.54) is 11.8 Å². The molecule has 0 aliphatic carbocycles. The maximum Gasteiger partial charge on any atom is 0.262 e. The van der Waals surface area contributed by atoms with Crippen LogP contribution in [0.1, 0.15) is 19.4 Å². The van der Waals surface area contributed by atoms with Crippen LogP contribution < -0.4 is 5.56 Å². The number of thioether (sulfide) groups is 1. The number of nitrogens with zero attached hydrogens (tertiary/aromatic N) is 3. The first kappa shape index (κ1) is 20.9. The molecule has 3 rings (SSSR count). The summed E-state index contributed by atoms with van der Waals surface area (Å²) in [7, 11) is 0. The second-order valence-corrected chi connectivity index (χ2v) is 7.95. The third-order valence-corrected chi connectivity index (χ3v) is 5.56. The Bertz CT molecular complexity index is 1060. The van der Waals surface area contributed by atoms with Crippen LogP contribution in [0.2, 0.25) is 0 Å². The van der Waals surface area contributed by atoms with E-state index in [-0.39, 0.29) is 23.3 Å². The van der Waals surface area contributed by atoms with Gasteiger partial charge in [-0.1, -0.05) is 60.3 Å². The molecule has 0 atom stereocenters. The molecule has 0 N–H and O–H groups in total. The Morgan fingerprint density at radius 3 is 2.55 bits per heavy atom. The number of allylic oxidation sites excluding steroid dienone is 1. The fourth-order valence-corrected chi connectivity index (χ4v) is 3.99. The van der Waals surface area contributed by atoms with Gasteiger partial charge in [0.25, 0.3) is 5.56 Å². The van der Waals surface area contributed by atoms with Crippen molar-refractivity contribution in [2.24, 2.45) is 0 Å². The molecule has 0 spiro atoms. The first-order chi connectivity index (χ1) is 14.0. The zero-order valence-corrected chi connectivity index (χ0v) is 17.6. The Morgan fingerprint density at radius 1 is 1.17 bits per heavy atom. The molecule has 2 aromatic carbocycles. The minimum absolute atomic E-state index is 0.0152. The van der Waals surface area contributed by atoms with E-state index >= 15 is 0 Å². The van der Waals surface area contributed by atoms with Crippen LogP contribution in [-0.4, -0.2) is 32.2 Å². The second-order valence-electron chi connectivity index (χ2n) is 7.01.